The van der Waals surface area contributed by atoms with Gasteiger partial charge in [-0.1, -0.05) is 6.07 Å². The van der Waals surface area contributed by atoms with Crippen LogP contribution in [0.15, 0.2) is 24.3 Å². The molecule has 1 aliphatic rings. The van der Waals surface area contributed by atoms with Gasteiger partial charge in [0.15, 0.2) is 0 Å². The maximum absolute atomic E-state index is 12.7. The molecular formula is C15H20ClF3N2O2. The van der Waals surface area contributed by atoms with Gasteiger partial charge in [0.2, 0.25) is 0 Å². The predicted molar refractivity (Wildman–Crippen MR) is 82.9 cm³/mol. The number of rotatable bonds is 5. The molecule has 0 bridgehead atoms. The van der Waals surface area contributed by atoms with E-state index >= 15 is 0 Å². The van der Waals surface area contributed by atoms with Gasteiger partial charge in [-0.15, -0.1) is 12.4 Å². The number of methoxy groups -OCH3 is 1. The largest absolute Gasteiger partial charge is 0.416 e. The van der Waals surface area contributed by atoms with E-state index in [0.29, 0.717) is 13.2 Å². The summed E-state index contributed by atoms with van der Waals surface area (Å²) in [4.78, 5) is 12.1. The summed E-state index contributed by atoms with van der Waals surface area (Å²) in [6.45, 7) is 1.59. The molecule has 8 heteroatoms. The first-order chi connectivity index (χ1) is 10.4. The fourth-order valence-corrected chi connectivity index (χ4v) is 2.66. The number of benzene rings is 1. The van der Waals surface area contributed by atoms with Gasteiger partial charge < -0.3 is 15.4 Å². The highest BCUT2D eigenvalue weighted by atomic mass is 35.5. The van der Waals surface area contributed by atoms with E-state index in [1.807, 2.05) is 0 Å². The maximum Gasteiger partial charge on any atom is 0.416 e. The minimum Gasteiger partial charge on any atom is -0.383 e. The van der Waals surface area contributed by atoms with Crippen LogP contribution in [0.1, 0.15) is 28.8 Å². The van der Waals surface area contributed by atoms with Crippen LogP contribution in [-0.4, -0.2) is 38.3 Å². The van der Waals surface area contributed by atoms with Crippen molar-refractivity contribution in [2.24, 2.45) is 0 Å². The fourth-order valence-electron chi connectivity index (χ4n) is 2.66. The Hall–Kier alpha value is -1.31. The second-order valence-corrected chi connectivity index (χ2v) is 5.50. The average molecular weight is 353 g/mol. The molecule has 0 radical (unpaired) electrons. The highest BCUT2D eigenvalue weighted by molar-refractivity contribution is 5.94. The summed E-state index contributed by atoms with van der Waals surface area (Å²) < 4.78 is 43.2. The van der Waals surface area contributed by atoms with Crippen LogP contribution in [0.5, 0.6) is 0 Å². The Balaban J connectivity index is 0.00000264. The number of carbonyl (C=O) groups is 1. The number of halogens is 4. The second-order valence-electron chi connectivity index (χ2n) is 5.50. The Labute approximate surface area is 139 Å². The Morgan fingerprint density at radius 1 is 1.43 bits per heavy atom. The molecule has 1 amide bonds. The van der Waals surface area contributed by atoms with Gasteiger partial charge >= 0.3 is 6.18 Å². The molecule has 1 aromatic carbocycles. The van der Waals surface area contributed by atoms with E-state index in [4.69, 9.17) is 4.74 Å². The lowest BCUT2D eigenvalue weighted by atomic mass is 9.98. The minimum absolute atomic E-state index is 0. The van der Waals surface area contributed by atoms with Crippen molar-refractivity contribution in [1.29, 1.82) is 0 Å². The van der Waals surface area contributed by atoms with Crippen LogP contribution in [0.4, 0.5) is 13.2 Å². The van der Waals surface area contributed by atoms with Crippen LogP contribution in [-0.2, 0) is 10.9 Å². The van der Waals surface area contributed by atoms with Gasteiger partial charge in [-0.05, 0) is 37.6 Å². The van der Waals surface area contributed by atoms with Gasteiger partial charge in [-0.3, -0.25) is 4.79 Å². The Morgan fingerprint density at radius 3 is 2.74 bits per heavy atom. The first-order valence-corrected chi connectivity index (χ1v) is 7.06. The number of ether oxygens (including phenoxy) is 1. The first kappa shape index (κ1) is 19.7. The quantitative estimate of drug-likeness (QED) is 0.856. The summed E-state index contributed by atoms with van der Waals surface area (Å²) in [5.41, 5.74) is -1.17. The lowest BCUT2D eigenvalue weighted by Crippen LogP contribution is -2.53. The molecule has 2 N–H and O–H groups in total. The molecule has 1 fully saturated rings. The van der Waals surface area contributed by atoms with Crippen molar-refractivity contribution in [2.75, 3.05) is 26.8 Å². The van der Waals surface area contributed by atoms with Crippen molar-refractivity contribution in [1.82, 2.24) is 10.6 Å². The van der Waals surface area contributed by atoms with E-state index in [2.05, 4.69) is 10.6 Å². The van der Waals surface area contributed by atoms with E-state index in [0.717, 1.165) is 31.5 Å². The van der Waals surface area contributed by atoms with Crippen molar-refractivity contribution in [2.45, 2.75) is 24.6 Å². The zero-order valence-corrected chi connectivity index (χ0v) is 13.5. The Morgan fingerprint density at radius 2 is 2.17 bits per heavy atom. The summed E-state index contributed by atoms with van der Waals surface area (Å²) in [7, 11) is 1.58. The highest BCUT2D eigenvalue weighted by Gasteiger charge is 2.34. The van der Waals surface area contributed by atoms with E-state index < -0.39 is 17.6 Å². The van der Waals surface area contributed by atoms with Crippen LogP contribution < -0.4 is 10.6 Å². The molecule has 130 valence electrons. The Bertz CT molecular complexity index is 532. The van der Waals surface area contributed by atoms with Gasteiger partial charge in [-0.25, -0.2) is 0 Å². The van der Waals surface area contributed by atoms with Gasteiger partial charge in [-0.2, -0.15) is 13.2 Å². The molecular weight excluding hydrogens is 333 g/mol. The smallest absolute Gasteiger partial charge is 0.383 e. The van der Waals surface area contributed by atoms with Crippen molar-refractivity contribution < 1.29 is 22.7 Å². The third-order valence-corrected chi connectivity index (χ3v) is 3.79. The fraction of sp³-hybridized carbons (Fsp3) is 0.533. The minimum atomic E-state index is -4.46. The van der Waals surface area contributed by atoms with Gasteiger partial charge in [0.1, 0.15) is 0 Å². The molecule has 2 rings (SSSR count). The van der Waals surface area contributed by atoms with E-state index in [1.54, 1.807) is 7.11 Å². The number of carbonyl (C=O) groups excluding carboxylic acids is 1. The van der Waals surface area contributed by atoms with Crippen LogP contribution >= 0.6 is 12.4 Å². The second kappa shape index (κ2) is 7.99. The lowest BCUT2D eigenvalue weighted by Gasteiger charge is -2.29. The zero-order chi connectivity index (χ0) is 16.2. The third-order valence-electron chi connectivity index (χ3n) is 3.79. The summed E-state index contributed by atoms with van der Waals surface area (Å²) in [6, 6.07) is 4.41. The molecule has 0 saturated carbocycles. The monoisotopic (exact) mass is 352 g/mol. The van der Waals surface area contributed by atoms with Crippen LogP contribution in [0.25, 0.3) is 0 Å². The average Bonchev–Trinajstić information content (AvgIpc) is 2.93. The summed E-state index contributed by atoms with van der Waals surface area (Å²) in [5.74, 6) is -0.518. The van der Waals surface area contributed by atoms with Gasteiger partial charge in [0.25, 0.3) is 5.91 Å². The normalized spacial score (nSPS) is 20.9. The van der Waals surface area contributed by atoms with Crippen molar-refractivity contribution in [3.05, 3.63) is 35.4 Å². The highest BCUT2D eigenvalue weighted by Crippen LogP contribution is 2.29. The summed E-state index contributed by atoms with van der Waals surface area (Å²) in [6.07, 6.45) is -2.63. The van der Waals surface area contributed by atoms with Crippen LogP contribution in [0.2, 0.25) is 0 Å². The number of hydrogen-bond acceptors (Lipinski definition) is 3. The van der Waals surface area contributed by atoms with Crippen molar-refractivity contribution in [3.63, 3.8) is 0 Å². The molecule has 1 saturated heterocycles. The molecule has 4 nitrogen and oxygen atoms in total. The van der Waals surface area contributed by atoms with Crippen molar-refractivity contribution in [3.8, 4) is 0 Å². The number of nitrogens with one attached hydrogen (secondary N) is 2. The molecule has 23 heavy (non-hydrogen) atoms. The first-order valence-electron chi connectivity index (χ1n) is 7.06. The lowest BCUT2D eigenvalue weighted by molar-refractivity contribution is -0.137. The van der Waals surface area contributed by atoms with Crippen molar-refractivity contribution >= 4 is 18.3 Å². The van der Waals surface area contributed by atoms with Crippen LogP contribution in [0.3, 0.4) is 0 Å². The third kappa shape index (κ3) is 5.09. The van der Waals surface area contributed by atoms with Gasteiger partial charge in [0.05, 0.1) is 17.7 Å². The van der Waals surface area contributed by atoms with Gasteiger partial charge in [0, 0.05) is 19.2 Å². The summed E-state index contributed by atoms with van der Waals surface area (Å²) >= 11 is 0. The predicted octanol–water partition coefficient (Wildman–Crippen LogP) is 2.63. The molecule has 0 spiro atoms. The standard InChI is InChI=1S/C15H19F3N2O2.ClH/c1-22-10-14(6-3-7-20-14)9-19-13(21)11-4-2-5-12(8-11)15(16,17)18;/h2,4-5,8,20H,3,6-7,9-10H2,1H3,(H,19,21);1H. The molecule has 1 aliphatic heterocycles. The zero-order valence-electron chi connectivity index (χ0n) is 12.7. The van der Waals surface area contributed by atoms with E-state index in [-0.39, 0.29) is 23.5 Å². The van der Waals surface area contributed by atoms with E-state index in [9.17, 15) is 18.0 Å². The molecule has 1 aromatic rings. The number of hydrogen-bond donors (Lipinski definition) is 2. The number of alkyl halides is 3. The number of amides is 1. The SMILES string of the molecule is COCC1(CNC(=O)c2cccc(C(F)(F)F)c2)CCCN1.Cl. The molecule has 0 aromatic heterocycles. The van der Waals surface area contributed by atoms with Crippen LogP contribution in [0, 0.1) is 0 Å². The summed E-state index contributed by atoms with van der Waals surface area (Å²) in [5, 5.41) is 5.99. The molecule has 1 atom stereocenters. The Kier molecular flexibility index (Phi) is 6.85. The molecule has 1 heterocycles. The molecule has 1 unspecified atom stereocenters. The maximum atomic E-state index is 12.7. The molecule has 0 aliphatic carbocycles. The van der Waals surface area contributed by atoms with E-state index in [1.165, 1.54) is 12.1 Å². The topological polar surface area (TPSA) is 50.4 Å².